The summed E-state index contributed by atoms with van der Waals surface area (Å²) >= 11 is 0. The number of nitrogen functional groups attached to an aromatic ring is 1. The fourth-order valence-electron chi connectivity index (χ4n) is 1.44. The van der Waals surface area contributed by atoms with E-state index in [1.54, 1.807) is 25.1 Å². The summed E-state index contributed by atoms with van der Waals surface area (Å²) in [5, 5.41) is 0. The summed E-state index contributed by atoms with van der Waals surface area (Å²) in [7, 11) is -3.46. The SMILES string of the molecule is C/C=C/CCNS(=O)(=O)c1cccc(N)c1C. The Hall–Kier alpha value is -1.33. The van der Waals surface area contributed by atoms with Gasteiger partial charge in [0.1, 0.15) is 0 Å². The average molecular weight is 254 g/mol. The maximum Gasteiger partial charge on any atom is 0.240 e. The number of nitrogens with two attached hydrogens (primary N) is 1. The molecule has 0 atom stereocenters. The quantitative estimate of drug-likeness (QED) is 0.478. The lowest BCUT2D eigenvalue weighted by Gasteiger charge is -2.10. The lowest BCUT2D eigenvalue weighted by molar-refractivity contribution is 0.581. The highest BCUT2D eigenvalue weighted by Crippen LogP contribution is 2.19. The molecule has 0 bridgehead atoms. The number of sulfonamides is 1. The van der Waals surface area contributed by atoms with Gasteiger partial charge in [-0.1, -0.05) is 18.2 Å². The molecule has 17 heavy (non-hydrogen) atoms. The van der Waals surface area contributed by atoms with Crippen molar-refractivity contribution in [3.05, 3.63) is 35.9 Å². The zero-order chi connectivity index (χ0) is 12.9. The fourth-order valence-corrected chi connectivity index (χ4v) is 2.76. The van der Waals surface area contributed by atoms with Crippen molar-refractivity contribution in [3.63, 3.8) is 0 Å². The van der Waals surface area contributed by atoms with Gasteiger partial charge in [0.15, 0.2) is 0 Å². The number of hydrogen-bond donors (Lipinski definition) is 2. The average Bonchev–Trinajstić information content (AvgIpc) is 2.28. The van der Waals surface area contributed by atoms with Crippen LogP contribution in [-0.4, -0.2) is 15.0 Å². The van der Waals surface area contributed by atoms with E-state index >= 15 is 0 Å². The molecule has 3 N–H and O–H groups in total. The molecule has 0 saturated carbocycles. The third-order valence-corrected chi connectivity index (χ3v) is 4.06. The molecule has 0 aromatic heterocycles. The van der Waals surface area contributed by atoms with Crippen LogP contribution in [0, 0.1) is 6.92 Å². The smallest absolute Gasteiger partial charge is 0.240 e. The maximum absolute atomic E-state index is 12.0. The van der Waals surface area contributed by atoms with Crippen molar-refractivity contribution in [2.45, 2.75) is 25.2 Å². The number of anilines is 1. The first-order valence-electron chi connectivity index (χ1n) is 5.45. The second-order valence-corrected chi connectivity index (χ2v) is 5.46. The molecule has 0 aliphatic carbocycles. The van der Waals surface area contributed by atoms with E-state index in [1.165, 1.54) is 0 Å². The summed E-state index contributed by atoms with van der Waals surface area (Å²) < 4.78 is 26.5. The highest BCUT2D eigenvalue weighted by Gasteiger charge is 2.16. The second kappa shape index (κ2) is 5.84. The van der Waals surface area contributed by atoms with Gasteiger partial charge in [-0.3, -0.25) is 0 Å². The van der Waals surface area contributed by atoms with E-state index in [0.717, 1.165) is 0 Å². The first-order chi connectivity index (χ1) is 7.99. The number of hydrogen-bond acceptors (Lipinski definition) is 3. The molecule has 94 valence electrons. The van der Waals surface area contributed by atoms with Gasteiger partial charge in [-0.05, 0) is 38.0 Å². The molecule has 0 aliphatic heterocycles. The van der Waals surface area contributed by atoms with Crippen LogP contribution in [-0.2, 0) is 10.0 Å². The van der Waals surface area contributed by atoms with E-state index in [2.05, 4.69) is 4.72 Å². The Labute approximate surface area is 103 Å². The van der Waals surface area contributed by atoms with Crippen LogP contribution in [0.2, 0.25) is 0 Å². The van der Waals surface area contributed by atoms with E-state index in [1.807, 2.05) is 19.1 Å². The minimum atomic E-state index is -3.46. The predicted molar refractivity (Wildman–Crippen MR) is 70.2 cm³/mol. The van der Waals surface area contributed by atoms with Crippen LogP contribution < -0.4 is 10.5 Å². The van der Waals surface area contributed by atoms with Crippen LogP contribution >= 0.6 is 0 Å². The van der Waals surface area contributed by atoms with E-state index in [-0.39, 0.29) is 4.90 Å². The normalized spacial score (nSPS) is 12.1. The van der Waals surface area contributed by atoms with Crippen LogP contribution in [0.4, 0.5) is 5.69 Å². The Kier molecular flexibility index (Phi) is 4.72. The van der Waals surface area contributed by atoms with Gasteiger partial charge in [0.2, 0.25) is 10.0 Å². The van der Waals surface area contributed by atoms with E-state index in [9.17, 15) is 8.42 Å². The second-order valence-electron chi connectivity index (χ2n) is 3.73. The summed E-state index contributed by atoms with van der Waals surface area (Å²) in [6, 6.07) is 4.89. The Morgan fingerprint density at radius 3 is 2.76 bits per heavy atom. The van der Waals surface area contributed by atoms with E-state index in [0.29, 0.717) is 24.2 Å². The molecule has 0 amide bonds. The zero-order valence-corrected chi connectivity index (χ0v) is 10.9. The molecular formula is C12H18N2O2S. The molecule has 5 heteroatoms. The van der Waals surface area contributed by atoms with Gasteiger partial charge >= 0.3 is 0 Å². The topological polar surface area (TPSA) is 72.2 Å². The van der Waals surface area contributed by atoms with Crippen molar-refractivity contribution in [2.75, 3.05) is 12.3 Å². The number of rotatable bonds is 5. The van der Waals surface area contributed by atoms with Gasteiger partial charge in [-0.2, -0.15) is 0 Å². The van der Waals surface area contributed by atoms with E-state index < -0.39 is 10.0 Å². The zero-order valence-electron chi connectivity index (χ0n) is 10.1. The third-order valence-electron chi connectivity index (χ3n) is 2.45. The van der Waals surface area contributed by atoms with Gasteiger partial charge in [0, 0.05) is 12.2 Å². The first-order valence-corrected chi connectivity index (χ1v) is 6.93. The van der Waals surface area contributed by atoms with Crippen molar-refractivity contribution < 1.29 is 8.42 Å². The molecule has 0 radical (unpaired) electrons. The molecule has 1 aromatic rings. The Bertz CT molecular complexity index is 507. The standard InChI is InChI=1S/C12H18N2O2S/c1-3-4-5-9-14-17(15,16)12-8-6-7-11(13)10(12)2/h3-4,6-8,14H,5,9,13H2,1-2H3/b4-3+. The van der Waals surface area contributed by atoms with Crippen molar-refractivity contribution in [1.29, 1.82) is 0 Å². The van der Waals surface area contributed by atoms with Gasteiger partial charge in [0.25, 0.3) is 0 Å². The predicted octanol–water partition coefficient (Wildman–Crippen LogP) is 1.82. The summed E-state index contributed by atoms with van der Waals surface area (Å²) in [5.74, 6) is 0. The monoisotopic (exact) mass is 254 g/mol. The molecular weight excluding hydrogens is 236 g/mol. The lowest BCUT2D eigenvalue weighted by Crippen LogP contribution is -2.25. The van der Waals surface area contributed by atoms with Crippen molar-refractivity contribution in [3.8, 4) is 0 Å². The maximum atomic E-state index is 12.0. The van der Waals surface area contributed by atoms with Crippen LogP contribution in [0.1, 0.15) is 18.9 Å². The van der Waals surface area contributed by atoms with Crippen LogP contribution in [0.5, 0.6) is 0 Å². The molecule has 0 fully saturated rings. The third kappa shape index (κ3) is 3.57. The van der Waals surface area contributed by atoms with Gasteiger partial charge in [-0.15, -0.1) is 0 Å². The van der Waals surface area contributed by atoms with Crippen molar-refractivity contribution in [1.82, 2.24) is 4.72 Å². The molecule has 4 nitrogen and oxygen atoms in total. The summed E-state index contributed by atoms with van der Waals surface area (Å²) in [6.45, 7) is 3.99. The van der Waals surface area contributed by atoms with Crippen LogP contribution in [0.15, 0.2) is 35.2 Å². The fraction of sp³-hybridized carbons (Fsp3) is 0.333. The van der Waals surface area contributed by atoms with Crippen molar-refractivity contribution in [2.24, 2.45) is 0 Å². The van der Waals surface area contributed by atoms with Gasteiger partial charge < -0.3 is 5.73 Å². The largest absolute Gasteiger partial charge is 0.398 e. The van der Waals surface area contributed by atoms with Crippen molar-refractivity contribution >= 4 is 15.7 Å². The molecule has 0 heterocycles. The van der Waals surface area contributed by atoms with Gasteiger partial charge in [0.05, 0.1) is 4.90 Å². The van der Waals surface area contributed by atoms with Gasteiger partial charge in [-0.25, -0.2) is 13.1 Å². The van der Waals surface area contributed by atoms with Crippen LogP contribution in [0.3, 0.4) is 0 Å². The van der Waals surface area contributed by atoms with E-state index in [4.69, 9.17) is 5.73 Å². The number of allylic oxidation sites excluding steroid dienone is 1. The molecule has 1 rings (SSSR count). The highest BCUT2D eigenvalue weighted by atomic mass is 32.2. The summed E-state index contributed by atoms with van der Waals surface area (Å²) in [4.78, 5) is 0.248. The van der Waals surface area contributed by atoms with Crippen LogP contribution in [0.25, 0.3) is 0 Å². The lowest BCUT2D eigenvalue weighted by atomic mass is 10.2. The minimum absolute atomic E-state index is 0.248. The molecule has 1 aromatic carbocycles. The molecule has 0 unspecified atom stereocenters. The Morgan fingerprint density at radius 1 is 1.41 bits per heavy atom. The number of benzene rings is 1. The molecule has 0 saturated heterocycles. The Morgan fingerprint density at radius 2 is 2.12 bits per heavy atom. The minimum Gasteiger partial charge on any atom is -0.398 e. The Balaban J connectivity index is 2.86. The summed E-state index contributed by atoms with van der Waals surface area (Å²) in [6.07, 6.45) is 4.48. The number of nitrogens with one attached hydrogen (secondary N) is 1. The first kappa shape index (κ1) is 13.7. The molecule has 0 aliphatic rings. The molecule has 0 spiro atoms. The highest BCUT2D eigenvalue weighted by molar-refractivity contribution is 7.89. The summed E-state index contributed by atoms with van der Waals surface area (Å²) in [5.41, 5.74) is 6.77.